The molecule has 0 bridgehead atoms. The van der Waals surface area contributed by atoms with Gasteiger partial charge in [0, 0.05) is 114 Å². The van der Waals surface area contributed by atoms with E-state index in [2.05, 4.69) is 424 Å². The fraction of sp³-hybridized carbons (Fsp3) is 0. The summed E-state index contributed by atoms with van der Waals surface area (Å²) < 4.78 is 33.4. The number of para-hydroxylation sites is 18. The van der Waals surface area contributed by atoms with Crippen molar-refractivity contribution in [2.45, 2.75) is 0 Å². The fourth-order valence-corrected chi connectivity index (χ4v) is 22.8. The van der Waals surface area contributed by atoms with Gasteiger partial charge in [-0.15, -0.1) is 0 Å². The van der Waals surface area contributed by atoms with Crippen molar-refractivity contribution in [3.05, 3.63) is 489 Å². The molecule has 0 saturated carbocycles. The van der Waals surface area contributed by atoms with E-state index in [0.29, 0.717) is 17.1 Å². The molecule has 0 aliphatic heterocycles. The van der Waals surface area contributed by atoms with E-state index >= 15 is 0 Å². The zero-order chi connectivity index (χ0) is 93.2. The highest BCUT2D eigenvalue weighted by molar-refractivity contribution is 6.27. The van der Waals surface area contributed by atoms with E-state index in [4.69, 9.17) is 33.0 Å². The van der Waals surface area contributed by atoms with Crippen molar-refractivity contribution in [2.24, 2.45) is 0 Å². The zero-order valence-electron chi connectivity index (χ0n) is 75.6. The first-order valence-electron chi connectivity index (χ1n) is 47.2. The minimum absolute atomic E-state index is 0.603. The Kier molecular flexibility index (Phi) is 18.0. The van der Waals surface area contributed by atoms with Crippen LogP contribution in [0.3, 0.4) is 0 Å². The summed E-state index contributed by atoms with van der Waals surface area (Å²) in [6.45, 7) is 24.9. The Bertz CT molecular complexity index is 10500. The first-order chi connectivity index (χ1) is 69.9. The summed E-state index contributed by atoms with van der Waals surface area (Å²) in [4.78, 5) is 12.3. The van der Waals surface area contributed by atoms with Crippen molar-refractivity contribution in [3.63, 3.8) is 0 Å². The van der Waals surface area contributed by atoms with Crippen LogP contribution in [0.15, 0.2) is 468 Å². The van der Waals surface area contributed by atoms with Crippen molar-refractivity contribution in [1.82, 2.24) is 27.4 Å². The van der Waals surface area contributed by atoms with E-state index < -0.39 is 0 Å². The van der Waals surface area contributed by atoms with Crippen LogP contribution in [0.2, 0.25) is 0 Å². The molecule has 141 heavy (non-hydrogen) atoms. The summed E-state index contributed by atoms with van der Waals surface area (Å²) in [6.07, 6.45) is 0. The van der Waals surface area contributed by atoms with Crippen LogP contribution in [0.25, 0.3) is 279 Å². The second kappa shape index (κ2) is 31.7. The highest BCUT2D eigenvalue weighted by Gasteiger charge is 2.30. The summed E-state index contributed by atoms with van der Waals surface area (Å²) in [7, 11) is 0. The molecule has 0 N–H and O–H groups in total. The van der Waals surface area contributed by atoms with Crippen LogP contribution in [0.1, 0.15) is 0 Å². The van der Waals surface area contributed by atoms with E-state index in [9.17, 15) is 0 Å². The third-order valence-corrected chi connectivity index (χ3v) is 28.6. The first-order valence-corrected chi connectivity index (χ1v) is 47.2. The van der Waals surface area contributed by atoms with Gasteiger partial charge in [0.05, 0.1) is 125 Å². The van der Waals surface area contributed by atoms with Crippen LogP contribution in [-0.4, -0.2) is 27.4 Å². The molecule has 12 nitrogen and oxygen atoms in total. The second-order valence-electron chi connectivity index (χ2n) is 35.9. The van der Waals surface area contributed by atoms with Crippen LogP contribution < -0.4 is 0 Å². The first kappa shape index (κ1) is 79.8. The molecule has 654 valence electrons. The molecule has 9 aromatic heterocycles. The number of hydrogen-bond acceptors (Lipinski definition) is 3. The van der Waals surface area contributed by atoms with E-state index in [1.807, 2.05) is 72.8 Å². The molecule has 0 saturated heterocycles. The summed E-state index contributed by atoms with van der Waals surface area (Å²) in [6, 6.07) is 158. The summed E-state index contributed by atoms with van der Waals surface area (Å²) in [5.74, 6) is 0. The third-order valence-electron chi connectivity index (χ3n) is 28.6. The lowest BCUT2D eigenvalue weighted by atomic mass is 9.99. The maximum atomic E-state index is 8.32. The maximum absolute atomic E-state index is 8.32. The number of hydrogen-bond donors (Lipinski definition) is 0. The highest BCUT2D eigenvalue weighted by atomic mass is 16.3. The molecule has 12 heteroatoms. The summed E-state index contributed by atoms with van der Waals surface area (Å²) >= 11 is 0. The van der Waals surface area contributed by atoms with Crippen LogP contribution in [0.4, 0.5) is 17.1 Å². The van der Waals surface area contributed by atoms with E-state index in [0.717, 1.165) is 221 Å². The standard InChI is InChI=1S/3C43H25N3O/c1-44-35-19-12-18-32(43(35)46-38-22-9-2-13-27(38)28-14-3-10-23-39(28)46)29-15-4-7-20-36(29)45-37-21-8-5-16-30(37)33-25-34-31-17-6-11-24-41(31)47-42(34)26-40(33)45;1-44-34-19-12-18-31(42(34)45-35-20-7-2-13-27(35)28-14-3-8-21-36(28)45)29-15-4-9-22-37(29)46-38-23-10-5-16-30(38)32-25-26-40-41(43(32)46)33-17-6-11-24-39(33)47-40;1-44-35-19-12-18-32(41(35)45-36-20-7-2-13-27(36)28-14-3-8-21-37(28)45)29-15-4-9-22-38(29)46-39-23-10-5-16-30(39)33-25-26-34-31-17-6-11-24-40(31)47-43(34)42(33)46/h3*2-26H. The van der Waals surface area contributed by atoms with E-state index in [-0.39, 0.29) is 0 Å². The van der Waals surface area contributed by atoms with Crippen molar-refractivity contribution in [3.8, 4) is 67.5 Å². The summed E-state index contributed by atoms with van der Waals surface area (Å²) in [5, 5.41) is 20.6. The van der Waals surface area contributed by atoms with Gasteiger partial charge in [0.15, 0.2) is 5.58 Å². The van der Waals surface area contributed by atoms with Crippen molar-refractivity contribution < 1.29 is 13.3 Å². The Morgan fingerprint density at radius 3 is 0.851 bits per heavy atom. The Labute approximate surface area is 805 Å². The monoisotopic (exact) mass is 1800 g/mol. The lowest BCUT2D eigenvalue weighted by molar-refractivity contribution is 0.669. The molecule has 9 heterocycles. The summed E-state index contributed by atoms with van der Waals surface area (Å²) in [5.41, 5.74) is 31.9. The van der Waals surface area contributed by atoms with Gasteiger partial charge in [-0.3, -0.25) is 0 Å². The average Bonchev–Trinajstić information content (AvgIpc) is 1.59. The van der Waals surface area contributed by atoms with Gasteiger partial charge in [-0.1, -0.05) is 334 Å². The number of furan rings is 3. The van der Waals surface area contributed by atoms with Crippen molar-refractivity contribution >= 4 is 214 Å². The zero-order valence-corrected chi connectivity index (χ0v) is 75.6. The van der Waals surface area contributed by atoms with Gasteiger partial charge in [0.1, 0.15) is 27.9 Å². The van der Waals surface area contributed by atoms with Crippen molar-refractivity contribution in [1.29, 1.82) is 0 Å². The Hall–Kier alpha value is -19.7. The van der Waals surface area contributed by atoms with Gasteiger partial charge in [-0.2, -0.15) is 0 Å². The van der Waals surface area contributed by atoms with Crippen molar-refractivity contribution in [2.75, 3.05) is 0 Å². The lowest BCUT2D eigenvalue weighted by Crippen LogP contribution is -2.01. The Morgan fingerprint density at radius 2 is 0.440 bits per heavy atom. The van der Waals surface area contributed by atoms with Gasteiger partial charge in [0.25, 0.3) is 0 Å². The molecule has 0 fully saturated rings. The number of nitrogens with zero attached hydrogens (tertiary/aromatic N) is 9. The molecule has 0 spiro atoms. The molecule has 0 unspecified atom stereocenters. The fourth-order valence-electron chi connectivity index (χ4n) is 22.8. The molecule has 0 aliphatic carbocycles. The van der Waals surface area contributed by atoms with Crippen LogP contribution in [0, 0.1) is 19.7 Å². The molecule has 30 rings (SSSR count). The molecule has 0 amide bonds. The number of benzene rings is 21. The minimum atomic E-state index is 0.603. The Balaban J connectivity index is 0.000000104. The quantitative estimate of drug-likeness (QED) is 0.135. The second-order valence-corrected chi connectivity index (χ2v) is 35.9. The minimum Gasteiger partial charge on any atom is -0.456 e. The SMILES string of the molecule is [C-]#[N+]c1cccc(-c2ccccc2-n2c3ccccc3c3cc4c(cc32)oc2ccccc24)c1-n1c2ccccc2c2ccccc21.[C-]#[N+]c1cccc(-c2ccccc2-n2c3ccccc3c3ccc4c5ccccc5oc4c32)c1-n1c2ccccc2c2ccccc21.[C-]#[N+]c1cccc(-c2ccccc2-n2c3ccccc3c3ccc4oc5ccccc5c4c32)c1-n1c2ccccc2c2ccccc21. The average molecular weight is 1800 g/mol. The number of rotatable bonds is 9. The topological polar surface area (TPSA) is 82.1 Å². The molecule has 0 atom stereocenters. The van der Waals surface area contributed by atoms with E-state index in [1.54, 1.807) is 0 Å². The molecule has 0 radical (unpaired) electrons. The van der Waals surface area contributed by atoms with Crippen LogP contribution >= 0.6 is 0 Å². The third kappa shape index (κ3) is 12.0. The predicted molar refractivity (Wildman–Crippen MR) is 582 cm³/mol. The highest BCUT2D eigenvalue weighted by Crippen LogP contribution is 2.52. The number of aromatic nitrogens is 6. The van der Waals surface area contributed by atoms with E-state index in [1.165, 1.54) is 43.1 Å². The maximum Gasteiger partial charge on any atom is 0.211 e. The molecule has 0 aliphatic rings. The smallest absolute Gasteiger partial charge is 0.211 e. The molecular formula is C129H75N9O3. The van der Waals surface area contributed by atoms with Gasteiger partial charge in [-0.25, -0.2) is 14.5 Å². The van der Waals surface area contributed by atoms with Gasteiger partial charge in [-0.05, 0) is 132 Å². The van der Waals surface area contributed by atoms with Gasteiger partial charge < -0.3 is 40.7 Å². The van der Waals surface area contributed by atoms with Crippen LogP contribution in [-0.2, 0) is 0 Å². The largest absolute Gasteiger partial charge is 0.456 e. The van der Waals surface area contributed by atoms with Crippen LogP contribution in [0.5, 0.6) is 0 Å². The predicted octanol–water partition coefficient (Wildman–Crippen LogP) is 36.0. The van der Waals surface area contributed by atoms with Gasteiger partial charge >= 0.3 is 0 Å². The Morgan fingerprint density at radius 1 is 0.163 bits per heavy atom. The van der Waals surface area contributed by atoms with Gasteiger partial charge in [0.2, 0.25) is 17.1 Å². The number of fused-ring (bicyclic) bond motifs is 29. The lowest BCUT2D eigenvalue weighted by Gasteiger charge is -2.19. The normalized spacial score (nSPS) is 11.8. The molecule has 30 aromatic rings. The molecular weight excluding hydrogens is 1720 g/mol. The molecule has 21 aromatic carbocycles.